The van der Waals surface area contributed by atoms with Crippen LogP contribution in [-0.4, -0.2) is 4.98 Å². The number of aromatic nitrogens is 1. The molecule has 5 heteroatoms. The lowest BCUT2D eigenvalue weighted by Gasteiger charge is -2.04. The van der Waals surface area contributed by atoms with E-state index >= 15 is 0 Å². The van der Waals surface area contributed by atoms with Crippen LogP contribution in [0.15, 0.2) is 46.5 Å². The summed E-state index contributed by atoms with van der Waals surface area (Å²) < 4.78 is 0. The maximum Gasteiger partial charge on any atom is 0.102 e. The van der Waals surface area contributed by atoms with Gasteiger partial charge in [-0.25, -0.2) is 4.98 Å². The molecule has 0 atom stereocenters. The molecule has 1 aromatic heterocycles. The second-order valence-electron chi connectivity index (χ2n) is 3.14. The molecule has 84 valence electrons. The predicted molar refractivity (Wildman–Crippen MR) is 69.5 cm³/mol. The molecule has 0 saturated carbocycles. The Morgan fingerprint density at radius 2 is 2.00 bits per heavy atom. The van der Waals surface area contributed by atoms with Gasteiger partial charge in [0.25, 0.3) is 0 Å². The highest BCUT2D eigenvalue weighted by Crippen LogP contribution is 2.32. The van der Waals surface area contributed by atoms with Gasteiger partial charge in [-0.1, -0.05) is 41.0 Å². The van der Waals surface area contributed by atoms with E-state index in [0.29, 0.717) is 15.6 Å². The van der Waals surface area contributed by atoms with E-state index in [0.717, 1.165) is 9.92 Å². The van der Waals surface area contributed by atoms with E-state index in [1.54, 1.807) is 30.5 Å². The number of nitrogens with zero attached hydrogens (tertiary/aromatic N) is 2. The standard InChI is InChI=1S/C12H6Cl2N2S/c13-8-4-5-12(16-7-8)17-11-3-1-2-10(14)9(11)6-15/h1-5,7H. The molecule has 0 unspecified atom stereocenters. The first kappa shape index (κ1) is 12.3. The van der Waals surface area contributed by atoms with Gasteiger partial charge in [-0.2, -0.15) is 5.26 Å². The van der Waals surface area contributed by atoms with Gasteiger partial charge in [0.15, 0.2) is 0 Å². The molecule has 0 N–H and O–H groups in total. The topological polar surface area (TPSA) is 36.7 Å². The summed E-state index contributed by atoms with van der Waals surface area (Å²) in [5, 5.41) is 10.8. The van der Waals surface area contributed by atoms with Crippen LogP contribution in [0.5, 0.6) is 0 Å². The summed E-state index contributed by atoms with van der Waals surface area (Å²) in [6, 6.07) is 11.0. The SMILES string of the molecule is N#Cc1c(Cl)cccc1Sc1ccc(Cl)cn1. The fraction of sp³-hybridized carbons (Fsp3) is 0. The minimum atomic E-state index is 0.450. The average Bonchev–Trinajstić information content (AvgIpc) is 2.32. The van der Waals surface area contributed by atoms with Gasteiger partial charge in [-0.3, -0.25) is 0 Å². The second-order valence-corrected chi connectivity index (χ2v) is 5.05. The first-order chi connectivity index (χ1) is 8.20. The quantitative estimate of drug-likeness (QED) is 0.818. The van der Waals surface area contributed by atoms with Gasteiger partial charge in [0, 0.05) is 11.1 Å². The second kappa shape index (κ2) is 5.42. The molecule has 17 heavy (non-hydrogen) atoms. The number of benzene rings is 1. The lowest BCUT2D eigenvalue weighted by Crippen LogP contribution is -1.84. The number of halogens is 2. The van der Waals surface area contributed by atoms with Crippen LogP contribution in [0.1, 0.15) is 5.56 Å². The molecule has 1 aromatic carbocycles. The maximum absolute atomic E-state index is 9.03. The van der Waals surface area contributed by atoms with E-state index in [-0.39, 0.29) is 0 Å². The summed E-state index contributed by atoms with van der Waals surface area (Å²) in [6.07, 6.45) is 1.57. The van der Waals surface area contributed by atoms with Crippen molar-refractivity contribution in [1.29, 1.82) is 5.26 Å². The van der Waals surface area contributed by atoms with E-state index in [1.807, 2.05) is 6.07 Å². The Bertz CT molecular complexity index is 576. The molecule has 0 fully saturated rings. The molecule has 0 aliphatic rings. The largest absolute Gasteiger partial charge is 0.248 e. The first-order valence-corrected chi connectivity index (χ1v) is 6.26. The van der Waals surface area contributed by atoms with Gasteiger partial charge >= 0.3 is 0 Å². The Morgan fingerprint density at radius 1 is 1.18 bits per heavy atom. The average molecular weight is 281 g/mol. The summed E-state index contributed by atoms with van der Waals surface area (Å²) in [7, 11) is 0. The lowest BCUT2D eigenvalue weighted by molar-refractivity contribution is 1.13. The van der Waals surface area contributed by atoms with Crippen molar-refractivity contribution in [3.05, 3.63) is 52.1 Å². The summed E-state index contributed by atoms with van der Waals surface area (Å²) in [4.78, 5) is 4.94. The number of nitriles is 1. The molecule has 0 radical (unpaired) electrons. The van der Waals surface area contributed by atoms with Crippen molar-refractivity contribution >= 4 is 35.0 Å². The van der Waals surface area contributed by atoms with Crippen LogP contribution in [0, 0.1) is 11.3 Å². The molecule has 0 spiro atoms. The van der Waals surface area contributed by atoms with E-state index in [4.69, 9.17) is 28.5 Å². The van der Waals surface area contributed by atoms with Gasteiger partial charge in [-0.15, -0.1) is 0 Å². The molecule has 0 saturated heterocycles. The molecular weight excluding hydrogens is 275 g/mol. The predicted octanol–water partition coefficient (Wildman–Crippen LogP) is 4.41. The summed E-state index contributed by atoms with van der Waals surface area (Å²) in [6.45, 7) is 0. The fourth-order valence-electron chi connectivity index (χ4n) is 1.23. The maximum atomic E-state index is 9.03. The monoisotopic (exact) mass is 280 g/mol. The number of hydrogen-bond donors (Lipinski definition) is 0. The Hall–Kier alpha value is -1.21. The highest BCUT2D eigenvalue weighted by Gasteiger charge is 2.08. The van der Waals surface area contributed by atoms with Gasteiger partial charge in [0.2, 0.25) is 0 Å². The molecule has 2 rings (SSSR count). The van der Waals surface area contributed by atoms with Crippen LogP contribution < -0.4 is 0 Å². The normalized spacial score (nSPS) is 9.94. The Kier molecular flexibility index (Phi) is 3.90. The van der Waals surface area contributed by atoms with E-state index < -0.39 is 0 Å². The zero-order valence-corrected chi connectivity index (χ0v) is 10.9. The number of pyridine rings is 1. The molecule has 2 nitrogen and oxygen atoms in total. The molecule has 0 amide bonds. The minimum absolute atomic E-state index is 0.450. The third-order valence-corrected chi connectivity index (χ3v) is 3.55. The van der Waals surface area contributed by atoms with Crippen LogP contribution in [0.3, 0.4) is 0 Å². The third kappa shape index (κ3) is 2.92. The van der Waals surface area contributed by atoms with Crippen molar-refractivity contribution in [3.63, 3.8) is 0 Å². The molecule has 2 aromatic rings. The minimum Gasteiger partial charge on any atom is -0.248 e. The van der Waals surface area contributed by atoms with Crippen LogP contribution >= 0.6 is 35.0 Å². The van der Waals surface area contributed by atoms with Crippen molar-refractivity contribution in [3.8, 4) is 6.07 Å². The van der Waals surface area contributed by atoms with Crippen LogP contribution in [0.4, 0.5) is 0 Å². The van der Waals surface area contributed by atoms with Crippen molar-refractivity contribution < 1.29 is 0 Å². The van der Waals surface area contributed by atoms with E-state index in [9.17, 15) is 0 Å². The molecule has 1 heterocycles. The molecular formula is C12H6Cl2N2S. The van der Waals surface area contributed by atoms with Crippen molar-refractivity contribution in [2.75, 3.05) is 0 Å². The zero-order valence-electron chi connectivity index (χ0n) is 8.52. The van der Waals surface area contributed by atoms with Gasteiger partial charge < -0.3 is 0 Å². The summed E-state index contributed by atoms with van der Waals surface area (Å²) >= 11 is 13.1. The number of rotatable bonds is 2. The van der Waals surface area contributed by atoms with Gasteiger partial charge in [-0.05, 0) is 24.3 Å². The molecule has 0 aliphatic carbocycles. The van der Waals surface area contributed by atoms with Gasteiger partial charge in [0.1, 0.15) is 11.1 Å². The third-order valence-electron chi connectivity index (χ3n) is 2.00. The zero-order chi connectivity index (χ0) is 12.3. The molecule has 0 bridgehead atoms. The van der Waals surface area contributed by atoms with E-state index in [2.05, 4.69) is 11.1 Å². The highest BCUT2D eigenvalue weighted by molar-refractivity contribution is 7.99. The summed E-state index contributed by atoms with van der Waals surface area (Å²) in [5.74, 6) is 0. The molecule has 0 aliphatic heterocycles. The van der Waals surface area contributed by atoms with Gasteiger partial charge in [0.05, 0.1) is 15.6 Å². The van der Waals surface area contributed by atoms with Crippen molar-refractivity contribution in [2.45, 2.75) is 9.92 Å². The van der Waals surface area contributed by atoms with Crippen molar-refractivity contribution in [2.24, 2.45) is 0 Å². The highest BCUT2D eigenvalue weighted by atomic mass is 35.5. The van der Waals surface area contributed by atoms with Crippen molar-refractivity contribution in [1.82, 2.24) is 4.98 Å². The Balaban J connectivity index is 2.34. The first-order valence-electron chi connectivity index (χ1n) is 4.69. The van der Waals surface area contributed by atoms with Crippen LogP contribution in [0.25, 0.3) is 0 Å². The number of hydrogen-bond acceptors (Lipinski definition) is 3. The summed E-state index contributed by atoms with van der Waals surface area (Å²) in [5.41, 5.74) is 0.468. The Labute approximate surface area is 113 Å². The fourth-order valence-corrected chi connectivity index (χ4v) is 2.49. The van der Waals surface area contributed by atoms with Crippen LogP contribution in [-0.2, 0) is 0 Å². The Morgan fingerprint density at radius 3 is 2.65 bits per heavy atom. The smallest absolute Gasteiger partial charge is 0.102 e. The lowest BCUT2D eigenvalue weighted by atomic mass is 10.2. The van der Waals surface area contributed by atoms with E-state index in [1.165, 1.54) is 11.8 Å². The van der Waals surface area contributed by atoms with Crippen LogP contribution in [0.2, 0.25) is 10.0 Å².